The highest BCUT2D eigenvalue weighted by Gasteiger charge is 2.19. The summed E-state index contributed by atoms with van der Waals surface area (Å²) in [6.07, 6.45) is 2.94. The quantitative estimate of drug-likeness (QED) is 0.724. The molecule has 104 valence electrons. The largest absolute Gasteiger partial charge is 0.379 e. The van der Waals surface area contributed by atoms with Gasteiger partial charge in [0, 0.05) is 38.1 Å². The Bertz CT molecular complexity index is 261. The zero-order valence-electron chi connectivity index (χ0n) is 11.3. The SMILES string of the molecule is CC(CN1CCOCC1)NC(=O)CC1CCCN1. The van der Waals surface area contributed by atoms with Crippen molar-refractivity contribution in [1.29, 1.82) is 0 Å². The fourth-order valence-electron chi connectivity index (χ4n) is 2.71. The Kier molecular flexibility index (Phi) is 5.41. The van der Waals surface area contributed by atoms with Gasteiger partial charge in [-0.15, -0.1) is 0 Å². The fourth-order valence-corrected chi connectivity index (χ4v) is 2.71. The minimum atomic E-state index is 0.176. The molecule has 2 atom stereocenters. The number of morpholine rings is 1. The molecule has 5 nitrogen and oxygen atoms in total. The molecule has 0 aromatic rings. The minimum Gasteiger partial charge on any atom is -0.379 e. The molecule has 2 rings (SSSR count). The molecular formula is C13H25N3O2. The van der Waals surface area contributed by atoms with Crippen molar-refractivity contribution < 1.29 is 9.53 Å². The van der Waals surface area contributed by atoms with Crippen molar-refractivity contribution >= 4 is 5.91 Å². The predicted molar refractivity (Wildman–Crippen MR) is 70.5 cm³/mol. The molecule has 0 aromatic heterocycles. The fraction of sp³-hybridized carbons (Fsp3) is 0.923. The van der Waals surface area contributed by atoms with Gasteiger partial charge in [0.05, 0.1) is 13.2 Å². The number of rotatable bonds is 5. The molecule has 2 N–H and O–H groups in total. The Morgan fingerprint density at radius 2 is 2.28 bits per heavy atom. The first-order valence-electron chi connectivity index (χ1n) is 7.07. The summed E-state index contributed by atoms with van der Waals surface area (Å²) >= 11 is 0. The summed E-state index contributed by atoms with van der Waals surface area (Å²) in [4.78, 5) is 14.2. The summed E-state index contributed by atoms with van der Waals surface area (Å²) < 4.78 is 5.31. The normalized spacial score (nSPS) is 27.1. The van der Waals surface area contributed by atoms with Gasteiger partial charge in [-0.25, -0.2) is 0 Å². The van der Waals surface area contributed by atoms with Crippen molar-refractivity contribution in [2.24, 2.45) is 0 Å². The van der Waals surface area contributed by atoms with Gasteiger partial charge in [0.15, 0.2) is 0 Å². The second-order valence-electron chi connectivity index (χ2n) is 5.38. The first-order valence-corrected chi connectivity index (χ1v) is 7.07. The Labute approximate surface area is 109 Å². The monoisotopic (exact) mass is 255 g/mol. The molecule has 2 aliphatic rings. The number of amides is 1. The second kappa shape index (κ2) is 7.07. The number of ether oxygens (including phenoxy) is 1. The molecule has 1 amide bonds. The lowest BCUT2D eigenvalue weighted by molar-refractivity contribution is -0.122. The first kappa shape index (κ1) is 13.8. The van der Waals surface area contributed by atoms with Gasteiger partial charge >= 0.3 is 0 Å². The molecule has 5 heteroatoms. The van der Waals surface area contributed by atoms with Gasteiger partial charge in [0.25, 0.3) is 0 Å². The Hall–Kier alpha value is -0.650. The molecule has 0 saturated carbocycles. The second-order valence-corrected chi connectivity index (χ2v) is 5.38. The minimum absolute atomic E-state index is 0.176. The van der Waals surface area contributed by atoms with Crippen LogP contribution in [0.4, 0.5) is 0 Å². The van der Waals surface area contributed by atoms with Crippen LogP contribution in [0.15, 0.2) is 0 Å². The van der Waals surface area contributed by atoms with Crippen molar-refractivity contribution in [3.05, 3.63) is 0 Å². The van der Waals surface area contributed by atoms with E-state index < -0.39 is 0 Å². The number of nitrogens with zero attached hydrogens (tertiary/aromatic N) is 1. The lowest BCUT2D eigenvalue weighted by Gasteiger charge is -2.29. The van der Waals surface area contributed by atoms with Crippen LogP contribution in [0, 0.1) is 0 Å². The zero-order chi connectivity index (χ0) is 12.8. The zero-order valence-corrected chi connectivity index (χ0v) is 11.3. The maximum Gasteiger partial charge on any atom is 0.221 e. The average Bonchev–Trinajstić information content (AvgIpc) is 2.82. The number of nitrogens with one attached hydrogen (secondary N) is 2. The lowest BCUT2D eigenvalue weighted by atomic mass is 10.1. The molecule has 0 spiro atoms. The van der Waals surface area contributed by atoms with Crippen LogP contribution in [-0.4, -0.2) is 62.3 Å². The molecule has 2 aliphatic heterocycles. The van der Waals surface area contributed by atoms with Crippen LogP contribution in [0.1, 0.15) is 26.2 Å². The summed E-state index contributed by atoms with van der Waals surface area (Å²) in [5.74, 6) is 0.176. The van der Waals surface area contributed by atoms with Crippen LogP contribution in [0.3, 0.4) is 0 Å². The number of carbonyl (C=O) groups excluding carboxylic acids is 1. The third-order valence-corrected chi connectivity index (χ3v) is 3.64. The average molecular weight is 255 g/mol. The topological polar surface area (TPSA) is 53.6 Å². The van der Waals surface area contributed by atoms with Gasteiger partial charge in [-0.3, -0.25) is 9.69 Å². The molecule has 2 fully saturated rings. The third kappa shape index (κ3) is 4.55. The molecule has 0 bridgehead atoms. The highest BCUT2D eigenvalue weighted by Crippen LogP contribution is 2.08. The van der Waals surface area contributed by atoms with Crippen molar-refractivity contribution in [2.45, 2.75) is 38.3 Å². The van der Waals surface area contributed by atoms with E-state index in [9.17, 15) is 4.79 Å². The number of hydrogen-bond acceptors (Lipinski definition) is 4. The predicted octanol–water partition coefficient (Wildman–Crippen LogP) is -0.0346. The lowest BCUT2D eigenvalue weighted by Crippen LogP contribution is -2.46. The van der Waals surface area contributed by atoms with Gasteiger partial charge < -0.3 is 15.4 Å². The van der Waals surface area contributed by atoms with Crippen molar-refractivity contribution in [2.75, 3.05) is 39.4 Å². The number of carbonyl (C=O) groups is 1. The van der Waals surface area contributed by atoms with Crippen LogP contribution in [0.25, 0.3) is 0 Å². The van der Waals surface area contributed by atoms with Crippen LogP contribution < -0.4 is 10.6 Å². The molecule has 0 radical (unpaired) electrons. The van der Waals surface area contributed by atoms with Gasteiger partial charge in [0.1, 0.15) is 0 Å². The van der Waals surface area contributed by atoms with Crippen LogP contribution >= 0.6 is 0 Å². The van der Waals surface area contributed by atoms with E-state index in [1.165, 1.54) is 6.42 Å². The summed E-state index contributed by atoms with van der Waals surface area (Å²) in [7, 11) is 0. The van der Waals surface area contributed by atoms with E-state index in [0.29, 0.717) is 12.5 Å². The molecule has 0 aliphatic carbocycles. The van der Waals surface area contributed by atoms with Gasteiger partial charge in [-0.05, 0) is 26.3 Å². The molecule has 18 heavy (non-hydrogen) atoms. The van der Waals surface area contributed by atoms with Crippen molar-refractivity contribution in [3.8, 4) is 0 Å². The Morgan fingerprint density at radius 1 is 1.50 bits per heavy atom. The van der Waals surface area contributed by atoms with Gasteiger partial charge in [-0.1, -0.05) is 0 Å². The standard InChI is InChI=1S/C13H25N3O2/c1-11(10-16-5-7-18-8-6-16)15-13(17)9-12-3-2-4-14-12/h11-12,14H,2-10H2,1H3,(H,15,17). The van der Waals surface area contributed by atoms with E-state index in [-0.39, 0.29) is 11.9 Å². The molecular weight excluding hydrogens is 230 g/mol. The smallest absolute Gasteiger partial charge is 0.221 e. The molecule has 2 heterocycles. The molecule has 2 saturated heterocycles. The van der Waals surface area contributed by atoms with Crippen LogP contribution in [-0.2, 0) is 9.53 Å². The van der Waals surface area contributed by atoms with Gasteiger partial charge in [0.2, 0.25) is 5.91 Å². The highest BCUT2D eigenvalue weighted by molar-refractivity contribution is 5.76. The first-order chi connectivity index (χ1) is 8.74. The maximum absolute atomic E-state index is 11.9. The van der Waals surface area contributed by atoms with Crippen molar-refractivity contribution in [3.63, 3.8) is 0 Å². The van der Waals surface area contributed by atoms with Gasteiger partial charge in [-0.2, -0.15) is 0 Å². The summed E-state index contributed by atoms with van der Waals surface area (Å²) in [6, 6.07) is 0.609. The van der Waals surface area contributed by atoms with E-state index in [0.717, 1.165) is 45.8 Å². The van der Waals surface area contributed by atoms with Crippen LogP contribution in [0.5, 0.6) is 0 Å². The third-order valence-electron chi connectivity index (χ3n) is 3.64. The Morgan fingerprint density at radius 3 is 2.94 bits per heavy atom. The van der Waals surface area contributed by atoms with E-state index in [2.05, 4.69) is 22.5 Å². The van der Waals surface area contributed by atoms with E-state index in [4.69, 9.17) is 4.74 Å². The summed E-state index contributed by atoms with van der Waals surface area (Å²) in [5, 5.41) is 6.45. The van der Waals surface area contributed by atoms with E-state index >= 15 is 0 Å². The molecule has 2 unspecified atom stereocenters. The Balaban J connectivity index is 1.62. The van der Waals surface area contributed by atoms with E-state index in [1.807, 2.05) is 0 Å². The van der Waals surface area contributed by atoms with E-state index in [1.54, 1.807) is 0 Å². The molecule has 0 aromatic carbocycles. The maximum atomic E-state index is 11.9. The van der Waals surface area contributed by atoms with Crippen LogP contribution in [0.2, 0.25) is 0 Å². The number of hydrogen-bond donors (Lipinski definition) is 2. The highest BCUT2D eigenvalue weighted by atomic mass is 16.5. The summed E-state index contributed by atoms with van der Waals surface area (Å²) in [5.41, 5.74) is 0. The summed E-state index contributed by atoms with van der Waals surface area (Å²) in [6.45, 7) is 7.64. The van der Waals surface area contributed by atoms with Crippen molar-refractivity contribution in [1.82, 2.24) is 15.5 Å².